The van der Waals surface area contributed by atoms with Crippen molar-refractivity contribution in [1.29, 1.82) is 0 Å². The fourth-order valence-electron chi connectivity index (χ4n) is 3.94. The molecule has 0 heterocycles. The number of carbonyl (C=O) groups excluding carboxylic acids is 2. The Hall–Kier alpha value is -1.24. The van der Waals surface area contributed by atoms with Crippen molar-refractivity contribution in [3.8, 4) is 0 Å². The van der Waals surface area contributed by atoms with E-state index in [1.165, 1.54) is 6.42 Å². The number of hydrogen-bond acceptors (Lipinski definition) is 4. The van der Waals surface area contributed by atoms with Gasteiger partial charge in [0.25, 0.3) is 0 Å². The van der Waals surface area contributed by atoms with Crippen LogP contribution in [-0.2, 0) is 9.59 Å². The Labute approximate surface area is 128 Å². The average molecular weight is 292 g/mol. The summed E-state index contributed by atoms with van der Waals surface area (Å²) in [5, 5.41) is 0. The van der Waals surface area contributed by atoms with Crippen molar-refractivity contribution >= 4 is 12.2 Å². The quantitative estimate of drug-likeness (QED) is 0.306. The molecule has 0 spiro atoms. The van der Waals surface area contributed by atoms with Crippen molar-refractivity contribution in [2.24, 2.45) is 21.3 Å². The number of unbranched alkanes of at least 4 members (excludes halogenated alkanes) is 2. The lowest BCUT2D eigenvalue weighted by Gasteiger charge is -2.34. The zero-order chi connectivity index (χ0) is 15.8. The second-order valence-corrected chi connectivity index (χ2v) is 7.40. The van der Waals surface area contributed by atoms with E-state index in [1.54, 1.807) is 6.08 Å². The summed E-state index contributed by atoms with van der Waals surface area (Å²) >= 11 is 0. The van der Waals surface area contributed by atoms with Crippen LogP contribution in [0.25, 0.3) is 0 Å². The van der Waals surface area contributed by atoms with Crippen LogP contribution >= 0.6 is 0 Å². The summed E-state index contributed by atoms with van der Waals surface area (Å²) in [4.78, 5) is 28.7. The predicted octanol–water partition coefficient (Wildman–Crippen LogP) is 4.19. The molecule has 0 aromatic heterocycles. The maximum absolute atomic E-state index is 10.9. The first-order chi connectivity index (χ1) is 9.93. The van der Waals surface area contributed by atoms with Crippen molar-refractivity contribution in [2.45, 2.75) is 77.7 Å². The number of isocyanates is 2. The Kier molecular flexibility index (Phi) is 7.01. The molecule has 0 aliphatic heterocycles. The minimum absolute atomic E-state index is 0.220. The predicted molar refractivity (Wildman–Crippen MR) is 83.7 cm³/mol. The molecule has 1 aliphatic carbocycles. The van der Waals surface area contributed by atoms with Crippen molar-refractivity contribution in [3.63, 3.8) is 0 Å². The second-order valence-electron chi connectivity index (χ2n) is 7.40. The van der Waals surface area contributed by atoms with Gasteiger partial charge in [-0.1, -0.05) is 33.6 Å². The third-order valence-corrected chi connectivity index (χ3v) is 4.57. The van der Waals surface area contributed by atoms with Gasteiger partial charge in [-0.25, -0.2) is 14.6 Å². The molecule has 1 saturated carbocycles. The SMILES string of the molecule is CC1CCC(CCCCCN=C=O)(N=C=O)CC(C)(C)C1. The number of aliphatic imine (C=N–C) groups is 2. The van der Waals surface area contributed by atoms with E-state index in [-0.39, 0.29) is 11.0 Å². The van der Waals surface area contributed by atoms with E-state index >= 15 is 0 Å². The van der Waals surface area contributed by atoms with Crippen molar-refractivity contribution < 1.29 is 9.59 Å². The van der Waals surface area contributed by atoms with E-state index in [9.17, 15) is 9.59 Å². The molecule has 1 fully saturated rings. The topological polar surface area (TPSA) is 58.9 Å². The molecule has 0 saturated heterocycles. The molecule has 0 amide bonds. The zero-order valence-electron chi connectivity index (χ0n) is 13.7. The summed E-state index contributed by atoms with van der Waals surface area (Å²) in [7, 11) is 0. The highest BCUT2D eigenvalue weighted by Crippen LogP contribution is 2.45. The first-order valence-corrected chi connectivity index (χ1v) is 8.06. The highest BCUT2D eigenvalue weighted by Gasteiger charge is 2.39. The lowest BCUT2D eigenvalue weighted by Crippen LogP contribution is -2.31. The van der Waals surface area contributed by atoms with Gasteiger partial charge in [0.15, 0.2) is 0 Å². The smallest absolute Gasteiger partial charge is 0.211 e. The Balaban J connectivity index is 2.64. The molecular formula is C17H28N2O2. The van der Waals surface area contributed by atoms with Gasteiger partial charge in [0.05, 0.1) is 12.1 Å². The van der Waals surface area contributed by atoms with Gasteiger partial charge in [-0.3, -0.25) is 0 Å². The normalized spacial score (nSPS) is 28.0. The van der Waals surface area contributed by atoms with Crippen molar-refractivity contribution in [1.82, 2.24) is 0 Å². The van der Waals surface area contributed by atoms with Gasteiger partial charge in [0.2, 0.25) is 12.2 Å². The third kappa shape index (κ3) is 6.37. The van der Waals surface area contributed by atoms with Gasteiger partial charge in [-0.05, 0) is 49.9 Å². The fraction of sp³-hybridized carbons (Fsp3) is 0.882. The Bertz CT molecular complexity index is 421. The molecule has 0 bridgehead atoms. The highest BCUT2D eigenvalue weighted by molar-refractivity contribution is 5.35. The minimum Gasteiger partial charge on any atom is -0.211 e. The fourth-order valence-corrected chi connectivity index (χ4v) is 3.94. The summed E-state index contributed by atoms with van der Waals surface area (Å²) in [5.41, 5.74) is -0.0119. The van der Waals surface area contributed by atoms with Crippen LogP contribution in [0.3, 0.4) is 0 Å². The lowest BCUT2D eigenvalue weighted by molar-refractivity contribution is 0.215. The molecule has 4 nitrogen and oxygen atoms in total. The molecule has 1 rings (SSSR count). The Morgan fingerprint density at radius 1 is 1.14 bits per heavy atom. The first-order valence-electron chi connectivity index (χ1n) is 8.06. The summed E-state index contributed by atoms with van der Waals surface area (Å²) < 4.78 is 0. The molecule has 0 aromatic rings. The number of rotatable bonds is 7. The van der Waals surface area contributed by atoms with Crippen molar-refractivity contribution in [2.75, 3.05) is 6.54 Å². The van der Waals surface area contributed by atoms with Gasteiger partial charge in [0, 0.05) is 0 Å². The van der Waals surface area contributed by atoms with Crippen LogP contribution in [0, 0.1) is 11.3 Å². The molecule has 1 aliphatic rings. The minimum atomic E-state index is -0.232. The molecule has 0 aromatic carbocycles. The highest BCUT2D eigenvalue weighted by atomic mass is 16.1. The van der Waals surface area contributed by atoms with Crippen molar-refractivity contribution in [3.05, 3.63) is 0 Å². The molecule has 118 valence electrons. The summed E-state index contributed by atoms with van der Waals surface area (Å²) in [5.74, 6) is 0.686. The van der Waals surface area contributed by atoms with Crippen LogP contribution in [0.5, 0.6) is 0 Å². The van der Waals surface area contributed by atoms with E-state index in [0.717, 1.165) is 44.9 Å². The van der Waals surface area contributed by atoms with Crippen LogP contribution in [0.1, 0.15) is 72.1 Å². The summed E-state index contributed by atoms with van der Waals surface area (Å²) in [6.07, 6.45) is 11.5. The third-order valence-electron chi connectivity index (χ3n) is 4.57. The van der Waals surface area contributed by atoms with Crippen LogP contribution < -0.4 is 0 Å². The van der Waals surface area contributed by atoms with E-state index in [1.807, 2.05) is 6.08 Å². The molecule has 2 atom stereocenters. The molecule has 0 radical (unpaired) electrons. The number of nitrogens with zero attached hydrogens (tertiary/aromatic N) is 2. The summed E-state index contributed by atoms with van der Waals surface area (Å²) in [6, 6.07) is 0. The molecule has 21 heavy (non-hydrogen) atoms. The monoisotopic (exact) mass is 292 g/mol. The van der Waals surface area contributed by atoms with E-state index in [0.29, 0.717) is 12.5 Å². The van der Waals surface area contributed by atoms with Crippen LogP contribution in [0.15, 0.2) is 9.98 Å². The molecule has 0 N–H and O–H groups in total. The number of hydrogen-bond donors (Lipinski definition) is 0. The Morgan fingerprint density at radius 3 is 2.57 bits per heavy atom. The first kappa shape index (κ1) is 17.8. The lowest BCUT2D eigenvalue weighted by atomic mass is 9.75. The van der Waals surface area contributed by atoms with Crippen LogP contribution in [0.2, 0.25) is 0 Å². The maximum Gasteiger partial charge on any atom is 0.235 e. The average Bonchev–Trinajstić information content (AvgIpc) is 2.50. The van der Waals surface area contributed by atoms with Crippen LogP contribution in [0.4, 0.5) is 0 Å². The van der Waals surface area contributed by atoms with Gasteiger partial charge in [-0.2, -0.15) is 4.99 Å². The standard InChI is InChI=1S/C17H28N2O2/c1-15-7-9-17(19-14-21,12-16(2,3)11-15)8-5-4-6-10-18-13-20/h15H,4-12H2,1-3H3. The Morgan fingerprint density at radius 2 is 1.90 bits per heavy atom. The molecule has 4 heteroatoms. The zero-order valence-corrected chi connectivity index (χ0v) is 13.7. The molecular weight excluding hydrogens is 264 g/mol. The van der Waals surface area contributed by atoms with E-state index in [4.69, 9.17) is 0 Å². The van der Waals surface area contributed by atoms with E-state index in [2.05, 4.69) is 30.8 Å². The maximum atomic E-state index is 10.9. The van der Waals surface area contributed by atoms with Gasteiger partial charge >= 0.3 is 0 Å². The van der Waals surface area contributed by atoms with Gasteiger partial charge in [0.1, 0.15) is 0 Å². The van der Waals surface area contributed by atoms with Crippen LogP contribution in [-0.4, -0.2) is 24.2 Å². The van der Waals surface area contributed by atoms with E-state index < -0.39 is 0 Å². The largest absolute Gasteiger partial charge is 0.235 e. The second kappa shape index (κ2) is 8.26. The van der Waals surface area contributed by atoms with Gasteiger partial charge in [-0.15, -0.1) is 0 Å². The van der Waals surface area contributed by atoms with Gasteiger partial charge < -0.3 is 0 Å². The molecule has 2 unspecified atom stereocenters. The summed E-state index contributed by atoms with van der Waals surface area (Å²) in [6.45, 7) is 7.40.